The van der Waals surface area contributed by atoms with Gasteiger partial charge in [-0.2, -0.15) is 0 Å². The van der Waals surface area contributed by atoms with Gasteiger partial charge in [0.2, 0.25) is 0 Å². The molecule has 1 aromatic carbocycles. The summed E-state index contributed by atoms with van der Waals surface area (Å²) >= 11 is 0. The maximum Gasteiger partial charge on any atom is 0.330 e. The highest BCUT2D eigenvalue weighted by molar-refractivity contribution is 5.83. The smallest absolute Gasteiger partial charge is 0.330 e. The fraction of sp³-hybridized carbons (Fsp3) is 0.571. The first-order valence-electron chi connectivity index (χ1n) is 8.92. The Bertz CT molecular complexity index is 510. The molecule has 2 rings (SSSR count). The van der Waals surface area contributed by atoms with Crippen molar-refractivity contribution in [2.24, 2.45) is 11.8 Å². The van der Waals surface area contributed by atoms with Gasteiger partial charge in [0.15, 0.2) is 0 Å². The molecule has 0 amide bonds. The Balaban J connectivity index is 1.89. The Morgan fingerprint density at radius 2 is 1.61 bits per heavy atom. The first kappa shape index (κ1) is 17.8. The summed E-state index contributed by atoms with van der Waals surface area (Å²) in [6, 6.07) is 10.7. The molecular weight excluding hydrogens is 284 g/mol. The lowest BCUT2D eigenvalue weighted by molar-refractivity contribution is -0.147. The summed E-state index contributed by atoms with van der Waals surface area (Å²) in [6.45, 7) is 8.43. The third kappa shape index (κ3) is 5.23. The standard InChI is InChI=1S/C21H30O2/c1-15(2)21(16(3)4)23-20(22)14-17-10-12-19(13-11-17)18-8-6-5-7-9-18/h5-9,14-16,19,21H,10-13H2,1-4H3. The molecule has 1 aromatic rings. The molecule has 0 heterocycles. The van der Waals surface area contributed by atoms with E-state index in [2.05, 4.69) is 58.0 Å². The van der Waals surface area contributed by atoms with Crippen LogP contribution in [0.1, 0.15) is 64.9 Å². The van der Waals surface area contributed by atoms with Gasteiger partial charge < -0.3 is 4.74 Å². The second-order valence-electron chi connectivity index (χ2n) is 7.38. The molecule has 1 aliphatic carbocycles. The number of rotatable bonds is 5. The van der Waals surface area contributed by atoms with Crippen LogP contribution in [-0.4, -0.2) is 12.1 Å². The Morgan fingerprint density at radius 3 is 2.13 bits per heavy atom. The fourth-order valence-corrected chi connectivity index (χ4v) is 3.57. The highest BCUT2D eigenvalue weighted by Crippen LogP contribution is 2.35. The summed E-state index contributed by atoms with van der Waals surface area (Å²) in [5.41, 5.74) is 2.67. The van der Waals surface area contributed by atoms with Gasteiger partial charge in [0.1, 0.15) is 6.10 Å². The zero-order valence-corrected chi connectivity index (χ0v) is 14.9. The van der Waals surface area contributed by atoms with E-state index in [0.29, 0.717) is 17.8 Å². The van der Waals surface area contributed by atoms with Crippen molar-refractivity contribution in [1.82, 2.24) is 0 Å². The molecule has 0 saturated heterocycles. The minimum Gasteiger partial charge on any atom is -0.459 e. The van der Waals surface area contributed by atoms with Crippen molar-refractivity contribution >= 4 is 5.97 Å². The van der Waals surface area contributed by atoms with Crippen LogP contribution in [0.4, 0.5) is 0 Å². The predicted octanol–water partition coefficient (Wildman–Crippen LogP) is 5.49. The van der Waals surface area contributed by atoms with Crippen molar-refractivity contribution < 1.29 is 9.53 Å². The van der Waals surface area contributed by atoms with E-state index in [-0.39, 0.29) is 12.1 Å². The summed E-state index contributed by atoms with van der Waals surface area (Å²) in [6.07, 6.45) is 6.01. The third-order valence-corrected chi connectivity index (χ3v) is 4.79. The van der Waals surface area contributed by atoms with Crippen LogP contribution in [0.3, 0.4) is 0 Å². The highest BCUT2D eigenvalue weighted by atomic mass is 16.5. The number of hydrogen-bond acceptors (Lipinski definition) is 2. The van der Waals surface area contributed by atoms with Gasteiger partial charge in [-0.25, -0.2) is 4.79 Å². The molecule has 0 N–H and O–H groups in total. The van der Waals surface area contributed by atoms with Crippen molar-refractivity contribution in [3.05, 3.63) is 47.5 Å². The minimum atomic E-state index is -0.162. The van der Waals surface area contributed by atoms with Gasteiger partial charge in [-0.3, -0.25) is 0 Å². The normalized spacial score (nSPS) is 18.6. The van der Waals surface area contributed by atoms with E-state index >= 15 is 0 Å². The van der Waals surface area contributed by atoms with Crippen molar-refractivity contribution in [2.75, 3.05) is 0 Å². The van der Waals surface area contributed by atoms with E-state index in [9.17, 15) is 4.79 Å². The van der Waals surface area contributed by atoms with Gasteiger partial charge in [-0.15, -0.1) is 0 Å². The maximum atomic E-state index is 12.2. The van der Waals surface area contributed by atoms with Crippen molar-refractivity contribution in [1.29, 1.82) is 0 Å². The van der Waals surface area contributed by atoms with Crippen LogP contribution >= 0.6 is 0 Å². The zero-order valence-electron chi connectivity index (χ0n) is 14.9. The van der Waals surface area contributed by atoms with E-state index in [1.807, 2.05) is 0 Å². The summed E-state index contributed by atoms with van der Waals surface area (Å²) < 4.78 is 5.67. The molecule has 0 spiro atoms. The number of carbonyl (C=O) groups is 1. The topological polar surface area (TPSA) is 26.3 Å². The van der Waals surface area contributed by atoms with Crippen LogP contribution < -0.4 is 0 Å². The van der Waals surface area contributed by atoms with Crippen LogP contribution in [0.15, 0.2) is 42.0 Å². The zero-order chi connectivity index (χ0) is 16.8. The monoisotopic (exact) mass is 314 g/mol. The summed E-state index contributed by atoms with van der Waals surface area (Å²) in [5.74, 6) is 1.17. The molecule has 2 nitrogen and oxygen atoms in total. The second-order valence-corrected chi connectivity index (χ2v) is 7.38. The lowest BCUT2D eigenvalue weighted by Gasteiger charge is -2.26. The van der Waals surface area contributed by atoms with E-state index in [1.54, 1.807) is 6.08 Å². The van der Waals surface area contributed by atoms with Gasteiger partial charge in [0.25, 0.3) is 0 Å². The quantitative estimate of drug-likeness (QED) is 0.530. The van der Waals surface area contributed by atoms with E-state index in [4.69, 9.17) is 4.74 Å². The molecule has 0 radical (unpaired) electrons. The molecule has 0 atom stereocenters. The molecule has 0 bridgehead atoms. The fourth-order valence-electron chi connectivity index (χ4n) is 3.57. The van der Waals surface area contributed by atoms with E-state index in [0.717, 1.165) is 25.7 Å². The number of carbonyl (C=O) groups excluding carboxylic acids is 1. The first-order chi connectivity index (χ1) is 11.0. The van der Waals surface area contributed by atoms with Gasteiger partial charge in [0.05, 0.1) is 0 Å². The number of esters is 1. The molecule has 1 aliphatic rings. The third-order valence-electron chi connectivity index (χ3n) is 4.79. The van der Waals surface area contributed by atoms with Crippen molar-refractivity contribution in [3.8, 4) is 0 Å². The Labute approximate surface area is 140 Å². The first-order valence-corrected chi connectivity index (χ1v) is 8.92. The van der Waals surface area contributed by atoms with Crippen LogP contribution in [0.2, 0.25) is 0 Å². The molecule has 126 valence electrons. The maximum absolute atomic E-state index is 12.2. The van der Waals surface area contributed by atoms with Crippen molar-refractivity contribution in [2.45, 2.75) is 65.4 Å². The van der Waals surface area contributed by atoms with Crippen molar-refractivity contribution in [3.63, 3.8) is 0 Å². The molecule has 23 heavy (non-hydrogen) atoms. The molecular formula is C21H30O2. The predicted molar refractivity (Wildman–Crippen MR) is 95.3 cm³/mol. The molecule has 2 heteroatoms. The minimum absolute atomic E-state index is 0.00000721. The van der Waals surface area contributed by atoms with Crippen LogP contribution in [-0.2, 0) is 9.53 Å². The van der Waals surface area contributed by atoms with Gasteiger partial charge >= 0.3 is 5.97 Å². The SMILES string of the molecule is CC(C)C(OC(=O)C=C1CCC(c2ccccc2)CC1)C(C)C. The summed E-state index contributed by atoms with van der Waals surface area (Å²) in [4.78, 5) is 12.2. The Morgan fingerprint density at radius 1 is 1.04 bits per heavy atom. The second kappa shape index (κ2) is 8.33. The van der Waals surface area contributed by atoms with E-state index < -0.39 is 0 Å². The molecule has 1 fully saturated rings. The van der Waals surface area contributed by atoms with Gasteiger partial charge in [0, 0.05) is 6.08 Å². The lowest BCUT2D eigenvalue weighted by Crippen LogP contribution is -2.28. The lowest BCUT2D eigenvalue weighted by atomic mass is 9.81. The molecule has 0 aliphatic heterocycles. The Hall–Kier alpha value is -1.57. The highest BCUT2D eigenvalue weighted by Gasteiger charge is 2.22. The van der Waals surface area contributed by atoms with Crippen LogP contribution in [0, 0.1) is 11.8 Å². The van der Waals surface area contributed by atoms with Crippen LogP contribution in [0.25, 0.3) is 0 Å². The number of allylic oxidation sites excluding steroid dienone is 1. The van der Waals surface area contributed by atoms with E-state index in [1.165, 1.54) is 11.1 Å². The Kier molecular flexibility index (Phi) is 6.44. The molecule has 0 aromatic heterocycles. The summed E-state index contributed by atoms with van der Waals surface area (Å²) in [7, 11) is 0. The average molecular weight is 314 g/mol. The number of benzene rings is 1. The average Bonchev–Trinajstić information content (AvgIpc) is 2.53. The van der Waals surface area contributed by atoms with Crippen LogP contribution in [0.5, 0.6) is 0 Å². The largest absolute Gasteiger partial charge is 0.459 e. The van der Waals surface area contributed by atoms with Gasteiger partial charge in [-0.1, -0.05) is 63.6 Å². The number of ether oxygens (including phenoxy) is 1. The molecule has 1 saturated carbocycles. The number of hydrogen-bond donors (Lipinski definition) is 0. The molecule has 0 unspecified atom stereocenters. The van der Waals surface area contributed by atoms with Gasteiger partial charge in [-0.05, 0) is 49.0 Å². The summed E-state index contributed by atoms with van der Waals surface area (Å²) in [5, 5.41) is 0.